The third kappa shape index (κ3) is 2.68. The Morgan fingerprint density at radius 3 is 2.68 bits per heavy atom. The highest BCUT2D eigenvalue weighted by molar-refractivity contribution is 7.88. The van der Waals surface area contributed by atoms with Crippen LogP contribution in [0.2, 0.25) is 0 Å². The first-order chi connectivity index (χ1) is 11.9. The van der Waals surface area contributed by atoms with E-state index in [-0.39, 0.29) is 5.82 Å². The minimum Gasteiger partial charge on any atom is -0.325 e. The van der Waals surface area contributed by atoms with Crippen LogP contribution < -0.4 is 5.32 Å². The van der Waals surface area contributed by atoms with Crippen LogP contribution in [0.1, 0.15) is 18.7 Å². The minimum atomic E-state index is -3.35. The number of piperidine rings is 1. The van der Waals surface area contributed by atoms with Crippen LogP contribution in [0.3, 0.4) is 0 Å². The number of nitrogens with zero attached hydrogens (tertiary/aromatic N) is 3. The maximum absolute atomic E-state index is 13.6. The maximum Gasteiger partial charge on any atom is 0.212 e. The quantitative estimate of drug-likeness (QED) is 0.878. The summed E-state index contributed by atoms with van der Waals surface area (Å²) < 4.78 is 42.1. The highest BCUT2D eigenvalue weighted by Gasteiger charge is 2.49. The van der Waals surface area contributed by atoms with Crippen LogP contribution in [0.4, 0.5) is 4.39 Å². The van der Waals surface area contributed by atoms with Gasteiger partial charge in [-0.15, -0.1) is 0 Å². The standard InChI is InChI=1S/C17H21FN4O2S/c1-25(23,24)22-10-9-21-15(13-3-2-4-14(18)11-13)12-20-16(21)17(22)5-7-19-8-6-17/h2-4,11-12,19H,5-10H2,1H3. The fourth-order valence-electron chi connectivity index (χ4n) is 4.16. The second-order valence-corrected chi connectivity index (χ2v) is 8.65. The monoisotopic (exact) mass is 364 g/mol. The second kappa shape index (κ2) is 5.89. The molecule has 2 aliphatic rings. The molecule has 1 N–H and O–H groups in total. The fourth-order valence-corrected chi connectivity index (χ4v) is 5.48. The van der Waals surface area contributed by atoms with Gasteiger partial charge in [0.15, 0.2) is 0 Å². The van der Waals surface area contributed by atoms with Gasteiger partial charge in [0.1, 0.15) is 11.6 Å². The van der Waals surface area contributed by atoms with Crippen molar-refractivity contribution in [2.45, 2.75) is 24.9 Å². The van der Waals surface area contributed by atoms with Gasteiger partial charge >= 0.3 is 0 Å². The lowest BCUT2D eigenvalue weighted by Gasteiger charge is -2.47. The van der Waals surface area contributed by atoms with Gasteiger partial charge in [0, 0.05) is 18.7 Å². The SMILES string of the molecule is CS(=O)(=O)N1CCn2c(-c3cccc(F)c3)cnc2C12CCNCC2. The smallest absolute Gasteiger partial charge is 0.212 e. The van der Waals surface area contributed by atoms with E-state index in [1.165, 1.54) is 18.4 Å². The molecule has 1 aromatic carbocycles. The van der Waals surface area contributed by atoms with E-state index in [2.05, 4.69) is 14.9 Å². The lowest BCUT2D eigenvalue weighted by atomic mass is 9.86. The molecule has 1 fully saturated rings. The zero-order valence-corrected chi connectivity index (χ0v) is 14.9. The molecule has 0 radical (unpaired) electrons. The van der Waals surface area contributed by atoms with Crippen LogP contribution in [-0.4, -0.2) is 48.2 Å². The number of aromatic nitrogens is 2. The van der Waals surface area contributed by atoms with Crippen molar-refractivity contribution in [2.24, 2.45) is 0 Å². The Balaban J connectivity index is 1.86. The molecule has 134 valence electrons. The first kappa shape index (κ1) is 16.7. The number of sulfonamides is 1. The van der Waals surface area contributed by atoms with Crippen molar-refractivity contribution in [3.8, 4) is 11.3 Å². The summed E-state index contributed by atoms with van der Waals surface area (Å²) in [5.41, 5.74) is 0.971. The van der Waals surface area contributed by atoms with Crippen molar-refractivity contribution in [2.75, 3.05) is 25.9 Å². The number of nitrogens with one attached hydrogen (secondary N) is 1. The van der Waals surface area contributed by atoms with E-state index in [4.69, 9.17) is 0 Å². The predicted molar refractivity (Wildman–Crippen MR) is 93.0 cm³/mol. The molecule has 0 bridgehead atoms. The summed E-state index contributed by atoms with van der Waals surface area (Å²) in [5.74, 6) is 0.475. The molecule has 4 rings (SSSR count). The zero-order chi connectivity index (χ0) is 17.7. The first-order valence-corrected chi connectivity index (χ1v) is 10.3. The van der Waals surface area contributed by atoms with Crippen LogP contribution >= 0.6 is 0 Å². The van der Waals surface area contributed by atoms with E-state index >= 15 is 0 Å². The fraction of sp³-hybridized carbons (Fsp3) is 0.471. The topological polar surface area (TPSA) is 67.2 Å². The molecule has 3 heterocycles. The lowest BCUT2D eigenvalue weighted by molar-refractivity contribution is 0.0966. The van der Waals surface area contributed by atoms with Crippen molar-refractivity contribution >= 4 is 10.0 Å². The minimum absolute atomic E-state index is 0.293. The number of benzene rings is 1. The third-order valence-electron chi connectivity index (χ3n) is 5.23. The molecule has 1 aromatic heterocycles. The first-order valence-electron chi connectivity index (χ1n) is 8.42. The Bertz CT molecular complexity index is 903. The van der Waals surface area contributed by atoms with Crippen molar-refractivity contribution in [1.29, 1.82) is 0 Å². The molecule has 8 heteroatoms. The molecule has 1 saturated heterocycles. The summed E-state index contributed by atoms with van der Waals surface area (Å²) in [6.45, 7) is 2.41. The normalized spacial score (nSPS) is 20.6. The summed E-state index contributed by atoms with van der Waals surface area (Å²) in [4.78, 5) is 4.61. The highest BCUT2D eigenvalue weighted by atomic mass is 32.2. The molecule has 6 nitrogen and oxygen atoms in total. The van der Waals surface area contributed by atoms with Crippen LogP contribution in [0.15, 0.2) is 30.5 Å². The number of imidazole rings is 1. The number of fused-ring (bicyclic) bond motifs is 2. The number of hydrogen-bond acceptors (Lipinski definition) is 4. The Labute approximate surface area is 146 Å². The number of halogens is 1. The van der Waals surface area contributed by atoms with Gasteiger partial charge in [-0.05, 0) is 38.1 Å². The summed E-state index contributed by atoms with van der Waals surface area (Å²) in [6, 6.07) is 6.43. The molecular weight excluding hydrogens is 343 g/mol. The second-order valence-electron chi connectivity index (χ2n) is 6.75. The molecule has 0 aliphatic carbocycles. The zero-order valence-electron chi connectivity index (χ0n) is 14.1. The third-order valence-corrected chi connectivity index (χ3v) is 6.56. The van der Waals surface area contributed by atoms with Crippen molar-refractivity contribution in [1.82, 2.24) is 19.2 Å². The van der Waals surface area contributed by atoms with Crippen molar-refractivity contribution < 1.29 is 12.8 Å². The summed E-state index contributed by atoms with van der Waals surface area (Å²) in [6.07, 6.45) is 4.36. The molecule has 0 unspecified atom stereocenters. The Morgan fingerprint density at radius 2 is 2.00 bits per heavy atom. The molecule has 0 saturated carbocycles. The average molecular weight is 364 g/mol. The van der Waals surface area contributed by atoms with Crippen LogP contribution in [-0.2, 0) is 22.1 Å². The van der Waals surface area contributed by atoms with E-state index in [0.717, 1.165) is 30.2 Å². The van der Waals surface area contributed by atoms with E-state index in [9.17, 15) is 12.8 Å². The summed E-state index contributed by atoms with van der Waals surface area (Å²) in [7, 11) is -3.35. The Hall–Kier alpha value is -1.77. The van der Waals surface area contributed by atoms with Gasteiger partial charge in [-0.1, -0.05) is 12.1 Å². The van der Waals surface area contributed by atoms with Gasteiger partial charge in [0.05, 0.1) is 23.7 Å². The molecule has 0 amide bonds. The van der Waals surface area contributed by atoms with E-state index < -0.39 is 15.6 Å². The van der Waals surface area contributed by atoms with Crippen molar-refractivity contribution in [3.05, 3.63) is 42.1 Å². The van der Waals surface area contributed by atoms with Gasteiger partial charge in [0.2, 0.25) is 10.0 Å². The van der Waals surface area contributed by atoms with E-state index in [0.29, 0.717) is 25.9 Å². The Kier molecular flexibility index (Phi) is 3.93. The van der Waals surface area contributed by atoms with E-state index in [1.807, 2.05) is 6.07 Å². The molecule has 2 aromatic rings. The number of rotatable bonds is 2. The van der Waals surface area contributed by atoms with Gasteiger partial charge in [-0.2, -0.15) is 4.31 Å². The lowest BCUT2D eigenvalue weighted by Crippen LogP contribution is -2.58. The molecule has 2 aliphatic heterocycles. The molecule has 25 heavy (non-hydrogen) atoms. The van der Waals surface area contributed by atoms with Crippen molar-refractivity contribution in [3.63, 3.8) is 0 Å². The largest absolute Gasteiger partial charge is 0.325 e. The van der Waals surface area contributed by atoms with Gasteiger partial charge < -0.3 is 9.88 Å². The summed E-state index contributed by atoms with van der Waals surface area (Å²) in [5, 5.41) is 3.30. The average Bonchev–Trinajstić information content (AvgIpc) is 3.00. The van der Waals surface area contributed by atoms with Gasteiger partial charge in [-0.25, -0.2) is 17.8 Å². The van der Waals surface area contributed by atoms with Crippen LogP contribution in [0, 0.1) is 5.82 Å². The van der Waals surface area contributed by atoms with Gasteiger partial charge in [-0.3, -0.25) is 0 Å². The highest BCUT2D eigenvalue weighted by Crippen LogP contribution is 2.42. The molecule has 0 atom stereocenters. The molecule has 1 spiro atoms. The van der Waals surface area contributed by atoms with E-state index in [1.54, 1.807) is 16.6 Å². The Morgan fingerprint density at radius 1 is 1.24 bits per heavy atom. The van der Waals surface area contributed by atoms with Crippen LogP contribution in [0.25, 0.3) is 11.3 Å². The van der Waals surface area contributed by atoms with Crippen LogP contribution in [0.5, 0.6) is 0 Å². The predicted octanol–water partition coefficient (Wildman–Crippen LogP) is 1.54. The van der Waals surface area contributed by atoms with Gasteiger partial charge in [0.25, 0.3) is 0 Å². The maximum atomic E-state index is 13.6. The molecular formula is C17H21FN4O2S. The summed E-state index contributed by atoms with van der Waals surface area (Å²) >= 11 is 0. The number of hydrogen-bond donors (Lipinski definition) is 1.